The lowest BCUT2D eigenvalue weighted by atomic mass is 9.86. The molecule has 14 N–H and O–H groups in total. The molecule has 45 heavy (non-hydrogen) atoms. The summed E-state index contributed by atoms with van der Waals surface area (Å²) in [4.78, 5) is 0. The van der Waals surface area contributed by atoms with Crippen LogP contribution in [0.1, 0.15) is 6.92 Å². The van der Waals surface area contributed by atoms with Crippen molar-refractivity contribution in [3.05, 3.63) is 11.6 Å². The van der Waals surface area contributed by atoms with Crippen LogP contribution in [0.4, 0.5) is 0 Å². The second kappa shape index (κ2) is 16.1. The number of ether oxygens (including phenoxy) is 5. The quantitative estimate of drug-likeness (QED) is 0.100. The zero-order valence-corrected chi connectivity index (χ0v) is 24.7. The molecular formula is C25H44ClNO18. The molecule has 0 saturated carbocycles. The zero-order valence-electron chi connectivity index (χ0n) is 23.9. The molecular weight excluding hydrogens is 638 g/mol. The fourth-order valence-electron chi connectivity index (χ4n) is 5.81. The number of aliphatic hydroxyl groups excluding tert-OH is 13. The molecule has 3 heterocycles. The first-order valence-corrected chi connectivity index (χ1v) is 14.1. The largest absolute Gasteiger partial charge is 0.394 e. The number of halogens is 1. The number of nitrogens with one attached hydrogen (secondary N) is 1. The second-order valence-corrected chi connectivity index (χ2v) is 11.4. The molecule has 4 aliphatic rings. The maximum Gasteiger partial charge on any atom is 0.187 e. The van der Waals surface area contributed by atoms with Crippen LogP contribution >= 0.6 is 12.4 Å². The first-order chi connectivity index (χ1) is 20.7. The van der Waals surface area contributed by atoms with Gasteiger partial charge in [0, 0.05) is 0 Å². The molecule has 3 saturated heterocycles. The zero-order chi connectivity index (χ0) is 32.6. The van der Waals surface area contributed by atoms with Crippen LogP contribution in [0.5, 0.6) is 0 Å². The number of aliphatic hydroxyl groups is 13. The smallest absolute Gasteiger partial charge is 0.187 e. The molecule has 0 spiro atoms. The molecule has 4 rings (SSSR count). The van der Waals surface area contributed by atoms with E-state index in [1.807, 2.05) is 0 Å². The van der Waals surface area contributed by atoms with Gasteiger partial charge in [-0.05, 0) is 12.5 Å². The van der Waals surface area contributed by atoms with Gasteiger partial charge in [0.2, 0.25) is 0 Å². The maximum atomic E-state index is 10.9. The lowest BCUT2D eigenvalue weighted by molar-refractivity contribution is -0.373. The lowest BCUT2D eigenvalue weighted by Crippen LogP contribution is -2.68. The average Bonchev–Trinajstić information content (AvgIpc) is 3.00. The summed E-state index contributed by atoms with van der Waals surface area (Å²) in [6.07, 6.45) is -26.6. The Labute approximate surface area is 262 Å². The van der Waals surface area contributed by atoms with Gasteiger partial charge in [0.25, 0.3) is 0 Å². The van der Waals surface area contributed by atoms with Crippen LogP contribution in [0.3, 0.4) is 0 Å². The SMILES string of the molecule is C[C@H]1O[C@H](O[C@H]2[C@H](O)[C@@H](O)[C@@H](O[C@H]3[C@H](O)[C@@H](O)[C@H](O)O[C@@H]3CO)O[C@@H]2CO)[C@H](O)[C@@H](O)[C@@H]1N[C@H]1C=C(CO)[C@@H](O)[C@H](O)[C@H]1O.Cl. The maximum absolute atomic E-state index is 10.9. The van der Waals surface area contributed by atoms with Gasteiger partial charge in [-0.1, -0.05) is 6.08 Å². The summed E-state index contributed by atoms with van der Waals surface area (Å²) in [5, 5.41) is 136. The van der Waals surface area contributed by atoms with Gasteiger partial charge in [-0.25, -0.2) is 0 Å². The van der Waals surface area contributed by atoms with E-state index < -0.39 is 136 Å². The molecule has 0 aromatic heterocycles. The first-order valence-electron chi connectivity index (χ1n) is 14.1. The van der Waals surface area contributed by atoms with E-state index in [1.54, 1.807) is 0 Å². The summed E-state index contributed by atoms with van der Waals surface area (Å²) in [7, 11) is 0. The minimum Gasteiger partial charge on any atom is -0.394 e. The second-order valence-electron chi connectivity index (χ2n) is 11.4. The highest BCUT2D eigenvalue weighted by molar-refractivity contribution is 5.85. The summed E-state index contributed by atoms with van der Waals surface area (Å²) >= 11 is 0. The van der Waals surface area contributed by atoms with Crippen molar-refractivity contribution in [2.75, 3.05) is 19.8 Å². The Bertz CT molecular complexity index is 965. The molecule has 3 aliphatic heterocycles. The Kier molecular flexibility index (Phi) is 13.9. The van der Waals surface area contributed by atoms with Crippen molar-refractivity contribution in [1.29, 1.82) is 0 Å². The third-order valence-corrected chi connectivity index (χ3v) is 8.48. The van der Waals surface area contributed by atoms with Gasteiger partial charge in [-0.3, -0.25) is 0 Å². The molecule has 0 aromatic carbocycles. The monoisotopic (exact) mass is 681 g/mol. The van der Waals surface area contributed by atoms with Gasteiger partial charge in [-0.2, -0.15) is 0 Å². The highest BCUT2D eigenvalue weighted by Crippen LogP contribution is 2.32. The standard InChI is InChI=1S/C25H43NO18.ClH/c1-6-11(26-8-2-7(3-27)12(30)15(33)13(8)31)14(32)19(37)24(40-6)43-22-10(5-29)42-25(20(38)17(22)35)44-21-9(4-28)41-23(39)18(36)16(21)34;/h2,6,8-39H,3-5H2,1H3;1H/t6-,8+,9-,10-,11-,12-,13+,14+,15+,16-,17-,18-,19-,20-,21-,22-,23-,24-,25-;/m1./s1. The topological polar surface area (TPSA) is 321 Å². The van der Waals surface area contributed by atoms with E-state index >= 15 is 0 Å². The van der Waals surface area contributed by atoms with Crippen molar-refractivity contribution in [3.8, 4) is 0 Å². The van der Waals surface area contributed by atoms with Gasteiger partial charge >= 0.3 is 0 Å². The van der Waals surface area contributed by atoms with Gasteiger partial charge in [0.1, 0.15) is 79.4 Å². The van der Waals surface area contributed by atoms with Gasteiger partial charge < -0.3 is 95.4 Å². The lowest BCUT2D eigenvalue weighted by Gasteiger charge is -2.48. The first kappa shape index (κ1) is 38.7. The van der Waals surface area contributed by atoms with E-state index in [0.717, 1.165) is 0 Å². The van der Waals surface area contributed by atoms with E-state index in [1.165, 1.54) is 13.0 Å². The Hall–Kier alpha value is -0.730. The summed E-state index contributed by atoms with van der Waals surface area (Å²) < 4.78 is 27.4. The highest BCUT2D eigenvalue weighted by Gasteiger charge is 2.53. The molecule has 264 valence electrons. The molecule has 0 aromatic rings. The predicted molar refractivity (Wildman–Crippen MR) is 145 cm³/mol. The third-order valence-electron chi connectivity index (χ3n) is 8.48. The van der Waals surface area contributed by atoms with Crippen LogP contribution in [-0.2, 0) is 23.7 Å². The fourth-order valence-corrected chi connectivity index (χ4v) is 5.81. The Balaban J connectivity index is 0.00000552. The van der Waals surface area contributed by atoms with Gasteiger partial charge in [-0.15, -0.1) is 12.4 Å². The van der Waals surface area contributed by atoms with Crippen molar-refractivity contribution in [2.45, 2.75) is 123 Å². The molecule has 0 amide bonds. The molecule has 0 radical (unpaired) electrons. The predicted octanol–water partition coefficient (Wildman–Crippen LogP) is -8.14. The summed E-state index contributed by atoms with van der Waals surface area (Å²) in [6.45, 7) is -0.753. The van der Waals surface area contributed by atoms with E-state index in [0.29, 0.717) is 0 Å². The van der Waals surface area contributed by atoms with Crippen molar-refractivity contribution < 1.29 is 90.1 Å². The Morgan fingerprint density at radius 1 is 0.644 bits per heavy atom. The summed E-state index contributed by atoms with van der Waals surface area (Å²) in [6, 6.07) is -2.17. The van der Waals surface area contributed by atoms with Gasteiger partial charge in [0.15, 0.2) is 18.9 Å². The molecule has 20 heteroatoms. The molecule has 0 unspecified atom stereocenters. The number of hydrogen-bond donors (Lipinski definition) is 14. The number of rotatable bonds is 9. The average molecular weight is 682 g/mol. The van der Waals surface area contributed by atoms with Crippen molar-refractivity contribution in [2.24, 2.45) is 0 Å². The molecule has 19 nitrogen and oxygen atoms in total. The Morgan fingerprint density at radius 2 is 1.16 bits per heavy atom. The van der Waals surface area contributed by atoms with Crippen LogP contribution in [0.2, 0.25) is 0 Å². The van der Waals surface area contributed by atoms with E-state index in [2.05, 4.69) is 5.32 Å². The summed E-state index contributed by atoms with van der Waals surface area (Å²) in [5.74, 6) is 0. The van der Waals surface area contributed by atoms with Crippen molar-refractivity contribution >= 4 is 12.4 Å². The van der Waals surface area contributed by atoms with Crippen LogP contribution in [0.15, 0.2) is 11.6 Å². The Morgan fingerprint density at radius 3 is 1.71 bits per heavy atom. The van der Waals surface area contributed by atoms with E-state index in [-0.39, 0.29) is 18.0 Å². The van der Waals surface area contributed by atoms with Crippen molar-refractivity contribution in [1.82, 2.24) is 5.32 Å². The fraction of sp³-hybridized carbons (Fsp3) is 0.920. The normalized spacial score (nSPS) is 50.9. The third kappa shape index (κ3) is 7.79. The number of hydrogen-bond acceptors (Lipinski definition) is 19. The summed E-state index contributed by atoms with van der Waals surface area (Å²) in [5.41, 5.74) is 0.0225. The molecule has 3 fully saturated rings. The highest BCUT2D eigenvalue weighted by atomic mass is 35.5. The van der Waals surface area contributed by atoms with Crippen LogP contribution in [0.25, 0.3) is 0 Å². The van der Waals surface area contributed by atoms with Crippen LogP contribution in [-0.4, -0.2) is 203 Å². The van der Waals surface area contributed by atoms with E-state index in [4.69, 9.17) is 23.7 Å². The molecule has 19 atom stereocenters. The molecule has 0 bridgehead atoms. The van der Waals surface area contributed by atoms with Gasteiger partial charge in [0.05, 0.1) is 38.0 Å². The minimum atomic E-state index is -1.93. The molecule has 1 aliphatic carbocycles. The van der Waals surface area contributed by atoms with E-state index in [9.17, 15) is 66.4 Å². The van der Waals surface area contributed by atoms with Crippen molar-refractivity contribution in [3.63, 3.8) is 0 Å². The van der Waals surface area contributed by atoms with Crippen LogP contribution < -0.4 is 5.32 Å². The minimum absolute atomic E-state index is 0. The van der Waals surface area contributed by atoms with Crippen LogP contribution in [0, 0.1) is 0 Å².